The van der Waals surface area contributed by atoms with Crippen molar-refractivity contribution in [3.63, 3.8) is 0 Å². The van der Waals surface area contributed by atoms with Gasteiger partial charge in [0.1, 0.15) is 11.3 Å². The Kier molecular flexibility index (Phi) is 4.76. The van der Waals surface area contributed by atoms with Crippen LogP contribution in [0.3, 0.4) is 0 Å². The van der Waals surface area contributed by atoms with E-state index in [-0.39, 0.29) is 11.5 Å². The summed E-state index contributed by atoms with van der Waals surface area (Å²) in [6.45, 7) is 7.75. The van der Waals surface area contributed by atoms with Gasteiger partial charge in [-0.3, -0.25) is 4.68 Å². The largest absolute Gasteiger partial charge is 0.444 e. The first-order valence-corrected chi connectivity index (χ1v) is 8.17. The molecule has 1 heterocycles. The monoisotopic (exact) mass is 327 g/mol. The maximum absolute atomic E-state index is 12.2. The molecule has 1 aliphatic carbocycles. The summed E-state index contributed by atoms with van der Waals surface area (Å²) in [4.78, 5) is 12.2. The number of carbonyl (C=O) groups excluding carboxylic acids is 1. The average molecular weight is 328 g/mol. The SMILES string of the molecule is Cn1cc(Cl)c([C@H](NC(=O)OC(C)(C)C)C2(C)CCCC2)n1. The van der Waals surface area contributed by atoms with Gasteiger partial charge in [0, 0.05) is 13.2 Å². The summed E-state index contributed by atoms with van der Waals surface area (Å²) < 4.78 is 7.09. The molecule has 1 fully saturated rings. The van der Waals surface area contributed by atoms with E-state index in [1.807, 2.05) is 27.8 Å². The number of hydrogen-bond acceptors (Lipinski definition) is 3. The van der Waals surface area contributed by atoms with E-state index in [0.29, 0.717) is 5.02 Å². The van der Waals surface area contributed by atoms with E-state index in [2.05, 4.69) is 17.3 Å². The second kappa shape index (κ2) is 6.11. The van der Waals surface area contributed by atoms with Crippen molar-refractivity contribution in [1.82, 2.24) is 15.1 Å². The fourth-order valence-electron chi connectivity index (χ4n) is 3.14. The van der Waals surface area contributed by atoms with Crippen molar-refractivity contribution >= 4 is 17.7 Å². The fraction of sp³-hybridized carbons (Fsp3) is 0.750. The first-order chi connectivity index (χ1) is 10.1. The second-order valence-electron chi connectivity index (χ2n) is 7.48. The van der Waals surface area contributed by atoms with E-state index in [1.165, 1.54) is 0 Å². The first-order valence-electron chi connectivity index (χ1n) is 7.79. The Hall–Kier alpha value is -1.23. The molecule has 1 saturated carbocycles. The zero-order chi connectivity index (χ0) is 16.5. The van der Waals surface area contributed by atoms with Crippen LogP contribution >= 0.6 is 11.6 Å². The number of carbonyl (C=O) groups is 1. The summed E-state index contributed by atoms with van der Waals surface area (Å²) in [6, 6.07) is -0.237. The van der Waals surface area contributed by atoms with Crippen LogP contribution in [0.1, 0.15) is 65.1 Å². The van der Waals surface area contributed by atoms with Gasteiger partial charge >= 0.3 is 6.09 Å². The summed E-state index contributed by atoms with van der Waals surface area (Å²) >= 11 is 6.32. The highest BCUT2D eigenvalue weighted by molar-refractivity contribution is 6.31. The molecular weight excluding hydrogens is 302 g/mol. The molecule has 1 aromatic rings. The maximum atomic E-state index is 12.2. The van der Waals surface area contributed by atoms with Gasteiger partial charge in [-0.05, 0) is 39.0 Å². The number of alkyl carbamates (subject to hydrolysis) is 1. The number of aromatic nitrogens is 2. The lowest BCUT2D eigenvalue weighted by atomic mass is 9.79. The molecule has 0 radical (unpaired) electrons. The summed E-state index contributed by atoms with van der Waals surface area (Å²) in [6.07, 6.45) is 5.74. The molecule has 1 aliphatic rings. The van der Waals surface area contributed by atoms with Gasteiger partial charge in [-0.25, -0.2) is 4.79 Å². The van der Waals surface area contributed by atoms with Gasteiger partial charge in [-0.15, -0.1) is 0 Å². The molecule has 0 unspecified atom stereocenters. The first kappa shape index (κ1) is 17.1. The molecule has 5 nitrogen and oxygen atoms in total. The number of aryl methyl sites for hydroxylation is 1. The smallest absolute Gasteiger partial charge is 0.408 e. The normalized spacial score (nSPS) is 19.0. The van der Waals surface area contributed by atoms with Crippen LogP contribution in [0, 0.1) is 5.41 Å². The van der Waals surface area contributed by atoms with Crippen LogP contribution in [0.25, 0.3) is 0 Å². The number of amides is 1. The molecule has 0 spiro atoms. The minimum Gasteiger partial charge on any atom is -0.444 e. The van der Waals surface area contributed by atoms with Crippen molar-refractivity contribution in [1.29, 1.82) is 0 Å². The van der Waals surface area contributed by atoms with E-state index >= 15 is 0 Å². The number of halogens is 1. The molecule has 124 valence electrons. The van der Waals surface area contributed by atoms with E-state index in [9.17, 15) is 4.79 Å². The van der Waals surface area contributed by atoms with Gasteiger partial charge in [0.25, 0.3) is 0 Å². The number of nitrogens with zero attached hydrogens (tertiary/aromatic N) is 2. The molecule has 0 saturated heterocycles. The molecular formula is C16H26ClN3O2. The fourth-order valence-corrected chi connectivity index (χ4v) is 3.43. The highest BCUT2D eigenvalue weighted by Crippen LogP contribution is 2.48. The third kappa shape index (κ3) is 3.94. The van der Waals surface area contributed by atoms with Crippen molar-refractivity contribution < 1.29 is 9.53 Å². The van der Waals surface area contributed by atoms with Crippen LogP contribution < -0.4 is 5.32 Å². The van der Waals surface area contributed by atoms with Gasteiger partial charge in [-0.1, -0.05) is 31.4 Å². The van der Waals surface area contributed by atoms with E-state index in [1.54, 1.807) is 10.9 Å². The van der Waals surface area contributed by atoms with Crippen molar-refractivity contribution in [3.05, 3.63) is 16.9 Å². The summed E-state index contributed by atoms with van der Waals surface area (Å²) in [5, 5.41) is 8.05. The zero-order valence-electron chi connectivity index (χ0n) is 14.1. The molecule has 1 amide bonds. The topological polar surface area (TPSA) is 56.2 Å². The summed E-state index contributed by atoms with van der Waals surface area (Å²) in [7, 11) is 1.83. The van der Waals surface area contributed by atoms with Crippen molar-refractivity contribution in [2.45, 2.75) is 65.0 Å². The number of ether oxygens (including phenoxy) is 1. The number of rotatable bonds is 3. The predicted molar refractivity (Wildman–Crippen MR) is 86.9 cm³/mol. The zero-order valence-corrected chi connectivity index (χ0v) is 14.8. The molecule has 1 N–H and O–H groups in total. The molecule has 22 heavy (non-hydrogen) atoms. The van der Waals surface area contributed by atoms with Crippen LogP contribution in [0.15, 0.2) is 6.20 Å². The van der Waals surface area contributed by atoms with Crippen LogP contribution in [-0.2, 0) is 11.8 Å². The van der Waals surface area contributed by atoms with Crippen molar-refractivity contribution in [3.8, 4) is 0 Å². The lowest BCUT2D eigenvalue weighted by Gasteiger charge is -2.34. The molecule has 0 aromatic carbocycles. The Morgan fingerprint density at radius 2 is 2.05 bits per heavy atom. The molecule has 0 aliphatic heterocycles. The summed E-state index contributed by atoms with van der Waals surface area (Å²) in [5.41, 5.74) is 0.146. The number of hydrogen-bond donors (Lipinski definition) is 1. The van der Waals surface area contributed by atoms with Crippen molar-refractivity contribution in [2.75, 3.05) is 0 Å². The minimum absolute atomic E-state index is 0.0467. The second-order valence-corrected chi connectivity index (χ2v) is 7.88. The maximum Gasteiger partial charge on any atom is 0.408 e. The Morgan fingerprint density at radius 1 is 1.45 bits per heavy atom. The predicted octanol–water partition coefficient (Wildman–Crippen LogP) is 4.22. The Bertz CT molecular complexity index is 542. The molecule has 2 rings (SSSR count). The van der Waals surface area contributed by atoms with Crippen LogP contribution in [0.2, 0.25) is 5.02 Å². The van der Waals surface area contributed by atoms with Crippen LogP contribution in [0.4, 0.5) is 4.79 Å². The third-order valence-electron chi connectivity index (χ3n) is 4.19. The molecule has 1 atom stereocenters. The Balaban J connectivity index is 2.26. The van der Waals surface area contributed by atoms with E-state index in [4.69, 9.17) is 16.3 Å². The van der Waals surface area contributed by atoms with Crippen molar-refractivity contribution in [2.24, 2.45) is 12.5 Å². The highest BCUT2D eigenvalue weighted by atomic mass is 35.5. The lowest BCUT2D eigenvalue weighted by Crippen LogP contribution is -2.41. The standard InChI is InChI=1S/C16H26ClN3O2/c1-15(2,3)22-14(21)18-13(16(4)8-6-7-9-16)12-11(17)10-20(5)19-12/h10,13H,6-9H2,1-5H3,(H,18,21)/t13-/m0/s1. The Morgan fingerprint density at radius 3 is 2.50 bits per heavy atom. The molecule has 1 aromatic heterocycles. The summed E-state index contributed by atoms with van der Waals surface area (Å²) in [5.74, 6) is 0. The third-order valence-corrected chi connectivity index (χ3v) is 4.48. The van der Waals surface area contributed by atoms with E-state index < -0.39 is 11.7 Å². The van der Waals surface area contributed by atoms with E-state index in [0.717, 1.165) is 31.4 Å². The Labute approximate surface area is 137 Å². The van der Waals surface area contributed by atoms with Crippen LogP contribution in [-0.4, -0.2) is 21.5 Å². The van der Waals surface area contributed by atoms with Gasteiger partial charge < -0.3 is 10.1 Å². The quantitative estimate of drug-likeness (QED) is 0.904. The number of nitrogens with one attached hydrogen (secondary N) is 1. The average Bonchev–Trinajstić information content (AvgIpc) is 2.91. The molecule has 0 bridgehead atoms. The van der Waals surface area contributed by atoms with Gasteiger partial charge in [0.15, 0.2) is 0 Å². The van der Waals surface area contributed by atoms with Gasteiger partial charge in [0.05, 0.1) is 11.1 Å². The van der Waals surface area contributed by atoms with Gasteiger partial charge in [-0.2, -0.15) is 5.10 Å². The van der Waals surface area contributed by atoms with Crippen LogP contribution in [0.5, 0.6) is 0 Å². The van der Waals surface area contributed by atoms with Gasteiger partial charge in [0.2, 0.25) is 0 Å². The lowest BCUT2D eigenvalue weighted by molar-refractivity contribution is 0.0446. The highest BCUT2D eigenvalue weighted by Gasteiger charge is 2.41. The molecule has 6 heteroatoms. The minimum atomic E-state index is -0.529.